The number of amides is 4. The molecule has 0 radical (unpaired) electrons. The van der Waals surface area contributed by atoms with Gasteiger partial charge in [-0.15, -0.1) is 12.4 Å². The summed E-state index contributed by atoms with van der Waals surface area (Å²) in [5, 5.41) is 9.53. The first-order chi connectivity index (χ1) is 12.4. The standard InChI is InChI=1S/C18H23ClN4O3.ClH/c1-11-10-13(8-9-20-11)21-16(24)7-6-15-17(25)23(18(26)22-15)14-4-2-12(19)3-5-14;/h2-5,11,13,15,20H,6-10H2,1H3,(H,21,24)(H,22,26);1H. The predicted octanol–water partition coefficient (Wildman–Crippen LogP) is 2.22. The van der Waals surface area contributed by atoms with E-state index in [4.69, 9.17) is 11.6 Å². The summed E-state index contributed by atoms with van der Waals surface area (Å²) in [6, 6.07) is 5.87. The molecule has 0 bridgehead atoms. The van der Waals surface area contributed by atoms with Gasteiger partial charge in [-0.3, -0.25) is 9.59 Å². The molecule has 2 saturated heterocycles. The van der Waals surface area contributed by atoms with Gasteiger partial charge in [0.25, 0.3) is 5.91 Å². The minimum absolute atomic E-state index is 0. The molecule has 2 aliphatic heterocycles. The summed E-state index contributed by atoms with van der Waals surface area (Å²) >= 11 is 5.84. The van der Waals surface area contributed by atoms with Crippen molar-refractivity contribution in [2.75, 3.05) is 11.4 Å². The molecule has 148 valence electrons. The minimum atomic E-state index is -0.684. The maximum atomic E-state index is 12.5. The molecule has 1 aromatic carbocycles. The van der Waals surface area contributed by atoms with Crippen LogP contribution in [0.1, 0.15) is 32.6 Å². The maximum absolute atomic E-state index is 12.5. The fraction of sp³-hybridized carbons (Fsp3) is 0.500. The van der Waals surface area contributed by atoms with Gasteiger partial charge >= 0.3 is 6.03 Å². The van der Waals surface area contributed by atoms with Crippen molar-refractivity contribution in [3.8, 4) is 0 Å². The molecule has 3 N–H and O–H groups in total. The average molecular weight is 415 g/mol. The lowest BCUT2D eigenvalue weighted by atomic mass is 10.0. The molecule has 0 spiro atoms. The zero-order valence-corrected chi connectivity index (χ0v) is 16.6. The molecule has 27 heavy (non-hydrogen) atoms. The second kappa shape index (κ2) is 9.39. The lowest BCUT2D eigenvalue weighted by molar-refractivity contribution is -0.122. The average Bonchev–Trinajstić information content (AvgIpc) is 2.88. The number of benzene rings is 1. The van der Waals surface area contributed by atoms with E-state index in [0.29, 0.717) is 16.8 Å². The van der Waals surface area contributed by atoms with Crippen molar-refractivity contribution >= 4 is 47.5 Å². The van der Waals surface area contributed by atoms with Crippen molar-refractivity contribution in [1.29, 1.82) is 0 Å². The summed E-state index contributed by atoms with van der Waals surface area (Å²) < 4.78 is 0. The molecule has 0 saturated carbocycles. The van der Waals surface area contributed by atoms with E-state index in [-0.39, 0.29) is 43.1 Å². The normalized spacial score (nSPS) is 25.0. The van der Waals surface area contributed by atoms with E-state index in [1.807, 2.05) is 0 Å². The molecule has 0 aliphatic carbocycles. The maximum Gasteiger partial charge on any atom is 0.329 e. The van der Waals surface area contributed by atoms with Crippen molar-refractivity contribution in [2.24, 2.45) is 0 Å². The molecule has 0 aromatic heterocycles. The molecule has 3 rings (SSSR count). The summed E-state index contributed by atoms with van der Waals surface area (Å²) in [5.74, 6) is -0.434. The van der Waals surface area contributed by atoms with Gasteiger partial charge in [-0.2, -0.15) is 0 Å². The number of rotatable bonds is 5. The number of carbonyl (C=O) groups is 3. The monoisotopic (exact) mass is 414 g/mol. The Kier molecular flexibility index (Phi) is 7.47. The molecular weight excluding hydrogens is 391 g/mol. The summed E-state index contributed by atoms with van der Waals surface area (Å²) in [6.07, 6.45) is 2.28. The third-order valence-corrected chi connectivity index (χ3v) is 5.00. The topological polar surface area (TPSA) is 90.5 Å². The third kappa shape index (κ3) is 5.34. The van der Waals surface area contributed by atoms with Crippen LogP contribution in [0, 0.1) is 0 Å². The zero-order valence-electron chi connectivity index (χ0n) is 15.0. The number of hydrogen-bond donors (Lipinski definition) is 3. The molecule has 3 unspecified atom stereocenters. The Labute approximate surface area is 169 Å². The highest BCUT2D eigenvalue weighted by atomic mass is 35.5. The van der Waals surface area contributed by atoms with Crippen molar-refractivity contribution < 1.29 is 14.4 Å². The Balaban J connectivity index is 0.00000261. The van der Waals surface area contributed by atoms with Crippen molar-refractivity contribution in [2.45, 2.75) is 50.7 Å². The smallest absolute Gasteiger partial charge is 0.329 e. The van der Waals surface area contributed by atoms with E-state index >= 15 is 0 Å². The molecular formula is C18H24Cl2N4O3. The van der Waals surface area contributed by atoms with Gasteiger partial charge in [0.1, 0.15) is 6.04 Å². The molecule has 1 aromatic rings. The SMILES string of the molecule is CC1CC(NC(=O)CCC2NC(=O)N(c3ccc(Cl)cc3)C2=O)CCN1.Cl. The Hall–Kier alpha value is -1.83. The van der Waals surface area contributed by atoms with E-state index < -0.39 is 12.1 Å². The molecule has 2 aliphatic rings. The number of nitrogens with zero attached hydrogens (tertiary/aromatic N) is 1. The number of hydrogen-bond acceptors (Lipinski definition) is 4. The van der Waals surface area contributed by atoms with Crippen LogP contribution in [-0.4, -0.2) is 42.5 Å². The van der Waals surface area contributed by atoms with Crippen LogP contribution in [0.15, 0.2) is 24.3 Å². The number of halogens is 2. The predicted molar refractivity (Wildman–Crippen MR) is 106 cm³/mol. The Morgan fingerprint density at radius 1 is 1.30 bits per heavy atom. The first-order valence-corrected chi connectivity index (χ1v) is 9.24. The van der Waals surface area contributed by atoms with Crippen LogP contribution in [-0.2, 0) is 9.59 Å². The summed E-state index contributed by atoms with van der Waals surface area (Å²) in [4.78, 5) is 37.9. The summed E-state index contributed by atoms with van der Waals surface area (Å²) in [5.41, 5.74) is 0.465. The Morgan fingerprint density at radius 2 is 2.00 bits per heavy atom. The van der Waals surface area contributed by atoms with Gasteiger partial charge < -0.3 is 16.0 Å². The van der Waals surface area contributed by atoms with Crippen LogP contribution in [0.2, 0.25) is 5.02 Å². The molecule has 9 heteroatoms. The van der Waals surface area contributed by atoms with E-state index in [0.717, 1.165) is 24.3 Å². The summed E-state index contributed by atoms with van der Waals surface area (Å²) in [7, 11) is 0. The van der Waals surface area contributed by atoms with Crippen LogP contribution in [0.25, 0.3) is 0 Å². The van der Waals surface area contributed by atoms with Gasteiger partial charge in [-0.1, -0.05) is 11.6 Å². The number of carbonyl (C=O) groups excluding carboxylic acids is 3. The Bertz CT molecular complexity index is 698. The van der Waals surface area contributed by atoms with Gasteiger partial charge in [0, 0.05) is 23.5 Å². The Morgan fingerprint density at radius 3 is 2.67 bits per heavy atom. The first kappa shape index (κ1) is 21.5. The van der Waals surface area contributed by atoms with Gasteiger partial charge in [0.2, 0.25) is 5.91 Å². The van der Waals surface area contributed by atoms with Gasteiger partial charge in [-0.25, -0.2) is 9.69 Å². The highest BCUT2D eigenvalue weighted by molar-refractivity contribution is 6.30. The molecule has 4 amide bonds. The van der Waals surface area contributed by atoms with Gasteiger partial charge in [0.05, 0.1) is 5.69 Å². The highest BCUT2D eigenvalue weighted by Gasteiger charge is 2.39. The van der Waals surface area contributed by atoms with E-state index in [9.17, 15) is 14.4 Å². The number of urea groups is 1. The van der Waals surface area contributed by atoms with E-state index in [1.54, 1.807) is 24.3 Å². The van der Waals surface area contributed by atoms with Crippen LogP contribution in [0.3, 0.4) is 0 Å². The lowest BCUT2D eigenvalue weighted by Gasteiger charge is -2.28. The molecule has 2 fully saturated rings. The lowest BCUT2D eigenvalue weighted by Crippen LogP contribution is -2.46. The second-order valence-corrected chi connectivity index (χ2v) is 7.27. The molecule has 3 atom stereocenters. The van der Waals surface area contributed by atoms with Crippen molar-refractivity contribution in [3.05, 3.63) is 29.3 Å². The summed E-state index contributed by atoms with van der Waals surface area (Å²) in [6.45, 7) is 2.98. The number of anilines is 1. The number of piperidine rings is 1. The number of nitrogens with one attached hydrogen (secondary N) is 3. The largest absolute Gasteiger partial charge is 0.353 e. The van der Waals surface area contributed by atoms with Gasteiger partial charge in [0.15, 0.2) is 0 Å². The highest BCUT2D eigenvalue weighted by Crippen LogP contribution is 2.23. The fourth-order valence-electron chi connectivity index (χ4n) is 3.40. The van der Waals surface area contributed by atoms with Crippen LogP contribution < -0.4 is 20.9 Å². The van der Waals surface area contributed by atoms with Crippen LogP contribution >= 0.6 is 24.0 Å². The quantitative estimate of drug-likeness (QED) is 0.644. The zero-order chi connectivity index (χ0) is 18.7. The van der Waals surface area contributed by atoms with Crippen molar-refractivity contribution in [1.82, 2.24) is 16.0 Å². The van der Waals surface area contributed by atoms with Crippen LogP contribution in [0.4, 0.5) is 10.5 Å². The third-order valence-electron chi connectivity index (χ3n) is 4.75. The minimum Gasteiger partial charge on any atom is -0.353 e. The van der Waals surface area contributed by atoms with Gasteiger partial charge in [-0.05, 0) is 57.0 Å². The van der Waals surface area contributed by atoms with E-state index in [2.05, 4.69) is 22.9 Å². The molecule has 2 heterocycles. The fourth-order valence-corrected chi connectivity index (χ4v) is 3.53. The van der Waals surface area contributed by atoms with Crippen molar-refractivity contribution in [3.63, 3.8) is 0 Å². The van der Waals surface area contributed by atoms with E-state index in [1.165, 1.54) is 0 Å². The second-order valence-electron chi connectivity index (χ2n) is 6.83. The number of imide groups is 1. The van der Waals surface area contributed by atoms with Crippen LogP contribution in [0.5, 0.6) is 0 Å². The molecule has 7 nitrogen and oxygen atoms in total. The first-order valence-electron chi connectivity index (χ1n) is 8.87.